The SMILES string of the molecule is COCCn1c(=O)c2c(nc(C3CCCCC3)n2Cc2ccc(-c3ccccc3-c3nn[nH]n3)cc2)n(CC(C)C)c1=O. The Bertz CT molecular complexity index is 1810. The van der Waals surface area contributed by atoms with Crippen molar-refractivity contribution in [3.05, 3.63) is 80.8 Å². The van der Waals surface area contributed by atoms with E-state index in [2.05, 4.69) is 63.3 Å². The fraction of sp³-hybridized carbons (Fsp3) is 0.438. The Morgan fingerprint density at radius 1 is 0.953 bits per heavy atom. The Morgan fingerprint density at radius 3 is 2.37 bits per heavy atom. The second kappa shape index (κ2) is 12.5. The zero-order chi connectivity index (χ0) is 29.9. The third kappa shape index (κ3) is 5.69. The first-order chi connectivity index (χ1) is 21.0. The molecule has 43 heavy (non-hydrogen) atoms. The number of nitrogens with zero attached hydrogens (tertiary/aromatic N) is 7. The second-order valence-corrected chi connectivity index (χ2v) is 11.8. The first-order valence-corrected chi connectivity index (χ1v) is 15.1. The first-order valence-electron chi connectivity index (χ1n) is 15.1. The fourth-order valence-corrected chi connectivity index (χ4v) is 6.23. The summed E-state index contributed by atoms with van der Waals surface area (Å²) in [6, 6.07) is 16.3. The fourth-order valence-electron chi connectivity index (χ4n) is 6.23. The van der Waals surface area contributed by atoms with Crippen molar-refractivity contribution in [3.63, 3.8) is 0 Å². The van der Waals surface area contributed by atoms with E-state index in [1.807, 2.05) is 24.3 Å². The van der Waals surface area contributed by atoms with Crippen molar-refractivity contribution in [2.45, 2.75) is 71.5 Å². The molecule has 6 rings (SSSR count). The number of H-pyrrole nitrogens is 1. The van der Waals surface area contributed by atoms with Crippen LogP contribution in [0.1, 0.15) is 63.3 Å². The van der Waals surface area contributed by atoms with Crippen LogP contribution in [-0.4, -0.2) is 53.0 Å². The molecule has 0 unspecified atom stereocenters. The Labute approximate surface area is 249 Å². The molecule has 1 N–H and O–H groups in total. The smallest absolute Gasteiger partial charge is 0.332 e. The van der Waals surface area contributed by atoms with Gasteiger partial charge in [0.25, 0.3) is 5.56 Å². The molecular formula is C32H38N8O3. The van der Waals surface area contributed by atoms with E-state index in [0.29, 0.717) is 30.1 Å². The Hall–Kier alpha value is -4.38. The molecule has 1 saturated carbocycles. The quantitative estimate of drug-likeness (QED) is 0.255. The molecule has 1 aliphatic rings. The monoisotopic (exact) mass is 582 g/mol. The topological polar surface area (TPSA) is 126 Å². The van der Waals surface area contributed by atoms with Crippen LogP contribution in [0, 0.1) is 5.92 Å². The molecular weight excluding hydrogens is 544 g/mol. The number of nitrogens with one attached hydrogen (secondary N) is 1. The highest BCUT2D eigenvalue weighted by atomic mass is 16.5. The summed E-state index contributed by atoms with van der Waals surface area (Å²) in [4.78, 5) is 32.7. The minimum Gasteiger partial charge on any atom is -0.383 e. The lowest BCUT2D eigenvalue weighted by molar-refractivity contribution is 0.184. The van der Waals surface area contributed by atoms with Crippen molar-refractivity contribution in [2.24, 2.45) is 5.92 Å². The van der Waals surface area contributed by atoms with Gasteiger partial charge in [-0.1, -0.05) is 81.6 Å². The number of benzene rings is 2. The standard InChI is InChI=1S/C32H38N8O3/c1-21(2)19-40-30-27(31(41)38(32(40)42)17-18-43-3)39(29(33-30)24-9-5-4-6-10-24)20-22-13-15-23(16-14-22)25-11-7-8-12-26(25)28-34-36-37-35-28/h7-8,11-16,21,24H,4-6,9-10,17-20H2,1-3H3,(H,34,35,36,37). The van der Waals surface area contributed by atoms with Crippen molar-refractivity contribution in [3.8, 4) is 22.5 Å². The van der Waals surface area contributed by atoms with Crippen molar-refractivity contribution in [2.75, 3.05) is 13.7 Å². The van der Waals surface area contributed by atoms with Crippen molar-refractivity contribution in [1.82, 2.24) is 39.3 Å². The van der Waals surface area contributed by atoms with Gasteiger partial charge in [0.1, 0.15) is 5.82 Å². The minimum absolute atomic E-state index is 0.195. The molecule has 0 saturated heterocycles. The van der Waals surface area contributed by atoms with E-state index in [1.54, 1.807) is 11.7 Å². The van der Waals surface area contributed by atoms with Gasteiger partial charge in [0.15, 0.2) is 11.2 Å². The molecule has 0 atom stereocenters. The zero-order valence-corrected chi connectivity index (χ0v) is 25.0. The summed E-state index contributed by atoms with van der Waals surface area (Å²) in [6.07, 6.45) is 5.55. The number of ether oxygens (including phenoxy) is 1. The summed E-state index contributed by atoms with van der Waals surface area (Å²) < 4.78 is 10.3. The van der Waals surface area contributed by atoms with Crippen LogP contribution in [0.4, 0.5) is 0 Å². The van der Waals surface area contributed by atoms with Crippen molar-refractivity contribution in [1.29, 1.82) is 0 Å². The number of hydrogen-bond donors (Lipinski definition) is 1. The third-order valence-electron chi connectivity index (χ3n) is 8.30. The lowest BCUT2D eigenvalue weighted by Gasteiger charge is -2.22. The first kappa shape index (κ1) is 28.7. The van der Waals surface area contributed by atoms with Gasteiger partial charge in [0.05, 0.1) is 13.2 Å². The molecule has 11 nitrogen and oxygen atoms in total. The van der Waals surface area contributed by atoms with Crippen LogP contribution in [0.2, 0.25) is 0 Å². The molecule has 5 aromatic rings. The number of aromatic amines is 1. The van der Waals surface area contributed by atoms with Crippen molar-refractivity contribution < 1.29 is 4.74 Å². The van der Waals surface area contributed by atoms with E-state index in [4.69, 9.17) is 9.72 Å². The van der Waals surface area contributed by atoms with Crippen LogP contribution >= 0.6 is 0 Å². The molecule has 3 aromatic heterocycles. The van der Waals surface area contributed by atoms with E-state index in [9.17, 15) is 9.59 Å². The second-order valence-electron chi connectivity index (χ2n) is 11.8. The maximum Gasteiger partial charge on any atom is 0.332 e. The summed E-state index contributed by atoms with van der Waals surface area (Å²) in [5.74, 6) is 1.90. The Kier molecular flexibility index (Phi) is 8.33. The number of tetrazole rings is 1. The predicted octanol–water partition coefficient (Wildman–Crippen LogP) is 4.61. The van der Waals surface area contributed by atoms with E-state index < -0.39 is 0 Å². The number of fused-ring (bicyclic) bond motifs is 1. The van der Waals surface area contributed by atoms with E-state index in [-0.39, 0.29) is 36.2 Å². The minimum atomic E-state index is -0.326. The van der Waals surface area contributed by atoms with Gasteiger partial charge in [0.2, 0.25) is 5.82 Å². The van der Waals surface area contributed by atoms with Gasteiger partial charge in [-0.2, -0.15) is 5.21 Å². The van der Waals surface area contributed by atoms with E-state index in [1.165, 1.54) is 11.0 Å². The lowest BCUT2D eigenvalue weighted by Crippen LogP contribution is -2.42. The van der Waals surface area contributed by atoms with Gasteiger partial charge in [0, 0.05) is 31.7 Å². The average Bonchev–Trinajstić information content (AvgIpc) is 3.69. The summed E-state index contributed by atoms with van der Waals surface area (Å²) in [7, 11) is 1.58. The largest absolute Gasteiger partial charge is 0.383 e. The van der Waals surface area contributed by atoms with Crippen LogP contribution in [0.5, 0.6) is 0 Å². The van der Waals surface area contributed by atoms with Gasteiger partial charge in [-0.15, -0.1) is 10.2 Å². The molecule has 0 amide bonds. The van der Waals surface area contributed by atoms with Gasteiger partial charge in [-0.3, -0.25) is 13.9 Å². The molecule has 1 fully saturated rings. The maximum absolute atomic E-state index is 14.0. The molecule has 0 spiro atoms. The highest BCUT2D eigenvalue weighted by Gasteiger charge is 2.27. The Morgan fingerprint density at radius 2 is 1.70 bits per heavy atom. The lowest BCUT2D eigenvalue weighted by atomic mass is 9.88. The molecule has 2 aromatic carbocycles. The predicted molar refractivity (Wildman–Crippen MR) is 165 cm³/mol. The summed E-state index contributed by atoms with van der Waals surface area (Å²) in [6.45, 7) is 5.58. The van der Waals surface area contributed by atoms with Crippen LogP contribution in [-0.2, 0) is 24.4 Å². The highest BCUT2D eigenvalue weighted by molar-refractivity contribution is 5.80. The van der Waals surface area contributed by atoms with E-state index >= 15 is 0 Å². The number of aromatic nitrogens is 8. The zero-order valence-electron chi connectivity index (χ0n) is 25.0. The molecule has 0 bridgehead atoms. The molecule has 0 radical (unpaired) electrons. The third-order valence-corrected chi connectivity index (χ3v) is 8.30. The molecule has 3 heterocycles. The van der Waals surface area contributed by atoms with Crippen LogP contribution < -0.4 is 11.2 Å². The molecule has 1 aliphatic carbocycles. The Balaban J connectivity index is 1.46. The summed E-state index contributed by atoms with van der Waals surface area (Å²) in [5.41, 5.74) is 4.31. The average molecular weight is 583 g/mol. The number of imidazole rings is 1. The summed E-state index contributed by atoms with van der Waals surface area (Å²) in [5, 5.41) is 14.6. The van der Waals surface area contributed by atoms with Crippen LogP contribution in [0.3, 0.4) is 0 Å². The van der Waals surface area contributed by atoms with Gasteiger partial charge in [-0.05, 0) is 40.7 Å². The maximum atomic E-state index is 14.0. The summed E-state index contributed by atoms with van der Waals surface area (Å²) >= 11 is 0. The number of methoxy groups -OCH3 is 1. The van der Waals surface area contributed by atoms with Crippen LogP contribution in [0.15, 0.2) is 58.1 Å². The van der Waals surface area contributed by atoms with Gasteiger partial charge < -0.3 is 9.30 Å². The molecule has 0 aliphatic heterocycles. The highest BCUT2D eigenvalue weighted by Crippen LogP contribution is 2.34. The number of hydrogen-bond acceptors (Lipinski definition) is 7. The molecule has 224 valence electrons. The van der Waals surface area contributed by atoms with Crippen molar-refractivity contribution >= 4 is 11.2 Å². The molecule has 11 heteroatoms. The van der Waals surface area contributed by atoms with Crippen LogP contribution in [0.25, 0.3) is 33.7 Å². The van der Waals surface area contributed by atoms with Gasteiger partial charge in [-0.25, -0.2) is 9.78 Å². The normalized spacial score (nSPS) is 14.2. The number of rotatable bonds is 10. The van der Waals surface area contributed by atoms with Gasteiger partial charge >= 0.3 is 5.69 Å². The van der Waals surface area contributed by atoms with E-state index in [0.717, 1.165) is 53.8 Å².